The number of carbonyl (C=O) groups is 2. The molecule has 0 radical (unpaired) electrons. The van der Waals surface area contributed by atoms with Gasteiger partial charge in [-0.15, -0.1) is 0 Å². The van der Waals surface area contributed by atoms with Crippen LogP contribution in [0, 0.1) is 20.8 Å². The molecule has 172 valence electrons. The van der Waals surface area contributed by atoms with Gasteiger partial charge in [0, 0.05) is 24.3 Å². The van der Waals surface area contributed by atoms with E-state index in [1.165, 1.54) is 0 Å². The SMILES string of the molecule is CCOC(=O)c1[nH]c(C)c(CN(Cc2ccc3c(c2)OCO3)C(=O)c2ccccc2C)c1C. The number of hydrogen-bond donors (Lipinski definition) is 1. The first-order chi connectivity index (χ1) is 15.9. The Morgan fingerprint density at radius 1 is 1.03 bits per heavy atom. The molecule has 0 unspecified atom stereocenters. The van der Waals surface area contributed by atoms with Gasteiger partial charge in [-0.2, -0.15) is 0 Å². The lowest BCUT2D eigenvalue weighted by atomic mass is 10.0. The number of H-pyrrole nitrogens is 1. The number of ether oxygens (including phenoxy) is 3. The number of benzene rings is 2. The van der Waals surface area contributed by atoms with E-state index >= 15 is 0 Å². The summed E-state index contributed by atoms with van der Waals surface area (Å²) in [7, 11) is 0. The second kappa shape index (κ2) is 9.40. The molecule has 7 heteroatoms. The van der Waals surface area contributed by atoms with Crippen LogP contribution in [0.25, 0.3) is 0 Å². The van der Waals surface area contributed by atoms with E-state index in [-0.39, 0.29) is 12.7 Å². The number of fused-ring (bicyclic) bond motifs is 1. The number of amides is 1. The van der Waals surface area contributed by atoms with Crippen molar-refractivity contribution in [1.82, 2.24) is 9.88 Å². The molecule has 1 aliphatic rings. The van der Waals surface area contributed by atoms with Crippen LogP contribution in [0.5, 0.6) is 11.5 Å². The van der Waals surface area contributed by atoms with E-state index in [1.807, 2.05) is 63.2 Å². The summed E-state index contributed by atoms with van der Waals surface area (Å²) in [6.07, 6.45) is 0. The number of nitrogens with one attached hydrogen (secondary N) is 1. The summed E-state index contributed by atoms with van der Waals surface area (Å²) in [6, 6.07) is 13.3. The highest BCUT2D eigenvalue weighted by molar-refractivity contribution is 5.95. The Kier molecular flexibility index (Phi) is 6.40. The first-order valence-electron chi connectivity index (χ1n) is 11.0. The fraction of sp³-hybridized carbons (Fsp3) is 0.308. The molecule has 0 aliphatic carbocycles. The smallest absolute Gasteiger partial charge is 0.355 e. The van der Waals surface area contributed by atoms with Gasteiger partial charge in [0.2, 0.25) is 6.79 Å². The van der Waals surface area contributed by atoms with Gasteiger partial charge >= 0.3 is 5.97 Å². The van der Waals surface area contributed by atoms with Crippen molar-refractivity contribution in [3.63, 3.8) is 0 Å². The van der Waals surface area contributed by atoms with Crippen LogP contribution in [0.15, 0.2) is 42.5 Å². The van der Waals surface area contributed by atoms with E-state index in [0.29, 0.717) is 42.5 Å². The third-order valence-corrected chi connectivity index (χ3v) is 5.89. The molecule has 4 rings (SSSR count). The zero-order valence-corrected chi connectivity index (χ0v) is 19.4. The number of rotatable bonds is 7. The van der Waals surface area contributed by atoms with E-state index in [4.69, 9.17) is 14.2 Å². The molecule has 1 aromatic heterocycles. The normalized spacial score (nSPS) is 12.0. The van der Waals surface area contributed by atoms with E-state index < -0.39 is 5.97 Å². The molecule has 0 bridgehead atoms. The number of aryl methyl sites for hydroxylation is 2. The number of esters is 1. The highest BCUT2D eigenvalue weighted by Crippen LogP contribution is 2.33. The van der Waals surface area contributed by atoms with Crippen LogP contribution >= 0.6 is 0 Å². The topological polar surface area (TPSA) is 80.9 Å². The largest absolute Gasteiger partial charge is 0.461 e. The minimum Gasteiger partial charge on any atom is -0.461 e. The molecule has 2 heterocycles. The average molecular weight is 449 g/mol. The van der Waals surface area contributed by atoms with Gasteiger partial charge in [0.15, 0.2) is 11.5 Å². The van der Waals surface area contributed by atoms with Crippen molar-refractivity contribution >= 4 is 11.9 Å². The number of aromatic amines is 1. The van der Waals surface area contributed by atoms with E-state index in [0.717, 1.165) is 27.9 Å². The quantitative estimate of drug-likeness (QED) is 0.531. The molecule has 0 saturated carbocycles. The van der Waals surface area contributed by atoms with E-state index in [1.54, 1.807) is 11.8 Å². The van der Waals surface area contributed by atoms with Gasteiger partial charge < -0.3 is 24.1 Å². The molecule has 0 spiro atoms. The van der Waals surface area contributed by atoms with Crippen molar-refractivity contribution in [3.8, 4) is 11.5 Å². The summed E-state index contributed by atoms with van der Waals surface area (Å²) >= 11 is 0. The zero-order chi connectivity index (χ0) is 23.5. The summed E-state index contributed by atoms with van der Waals surface area (Å²) in [5.74, 6) is 0.904. The Labute approximate surface area is 193 Å². The average Bonchev–Trinajstić information content (AvgIpc) is 3.38. The molecular weight excluding hydrogens is 420 g/mol. The maximum Gasteiger partial charge on any atom is 0.355 e. The fourth-order valence-corrected chi connectivity index (χ4v) is 4.07. The molecule has 0 fully saturated rings. The van der Waals surface area contributed by atoms with Crippen LogP contribution in [0.2, 0.25) is 0 Å². The number of carbonyl (C=O) groups excluding carboxylic acids is 2. The van der Waals surface area contributed by atoms with E-state index in [2.05, 4.69) is 4.98 Å². The van der Waals surface area contributed by atoms with Gasteiger partial charge in [0.05, 0.1) is 6.61 Å². The molecule has 3 aromatic rings. The Bertz CT molecular complexity index is 1200. The van der Waals surface area contributed by atoms with Gasteiger partial charge in [-0.25, -0.2) is 4.79 Å². The van der Waals surface area contributed by atoms with Crippen molar-refractivity contribution in [2.24, 2.45) is 0 Å². The van der Waals surface area contributed by atoms with Crippen molar-refractivity contribution in [1.29, 1.82) is 0 Å². The van der Waals surface area contributed by atoms with E-state index in [9.17, 15) is 9.59 Å². The van der Waals surface area contributed by atoms with Gasteiger partial charge in [0.25, 0.3) is 5.91 Å². The minimum absolute atomic E-state index is 0.0801. The summed E-state index contributed by atoms with van der Waals surface area (Å²) in [4.78, 5) is 30.9. The van der Waals surface area contributed by atoms with Crippen molar-refractivity contribution in [2.75, 3.05) is 13.4 Å². The third-order valence-electron chi connectivity index (χ3n) is 5.89. The molecule has 1 aliphatic heterocycles. The Balaban J connectivity index is 1.68. The van der Waals surface area contributed by atoms with Crippen molar-refractivity contribution in [2.45, 2.75) is 40.8 Å². The first-order valence-corrected chi connectivity index (χ1v) is 11.0. The fourth-order valence-electron chi connectivity index (χ4n) is 4.07. The van der Waals surface area contributed by atoms with Crippen LogP contribution in [0.1, 0.15) is 55.7 Å². The summed E-state index contributed by atoms with van der Waals surface area (Å²) in [6.45, 7) is 8.70. The molecule has 2 aromatic carbocycles. The van der Waals surface area contributed by atoms with Crippen LogP contribution < -0.4 is 9.47 Å². The third kappa shape index (κ3) is 4.58. The van der Waals surface area contributed by atoms with Crippen LogP contribution in [-0.2, 0) is 17.8 Å². The van der Waals surface area contributed by atoms with Crippen LogP contribution in [-0.4, -0.2) is 35.2 Å². The lowest BCUT2D eigenvalue weighted by Crippen LogP contribution is -2.31. The second-order valence-electron chi connectivity index (χ2n) is 8.11. The molecule has 7 nitrogen and oxygen atoms in total. The Hall–Kier alpha value is -3.74. The molecule has 33 heavy (non-hydrogen) atoms. The lowest BCUT2D eigenvalue weighted by molar-refractivity contribution is 0.0519. The number of hydrogen-bond acceptors (Lipinski definition) is 5. The monoisotopic (exact) mass is 448 g/mol. The predicted octanol–water partition coefficient (Wildman–Crippen LogP) is 4.69. The molecule has 1 N–H and O–H groups in total. The van der Waals surface area contributed by atoms with Crippen LogP contribution in [0.3, 0.4) is 0 Å². The molecule has 0 saturated heterocycles. The van der Waals surface area contributed by atoms with Crippen molar-refractivity contribution < 1.29 is 23.8 Å². The van der Waals surface area contributed by atoms with Gasteiger partial charge in [-0.05, 0) is 68.1 Å². The summed E-state index contributed by atoms with van der Waals surface area (Å²) in [5.41, 5.74) is 5.44. The number of aromatic nitrogens is 1. The predicted molar refractivity (Wildman–Crippen MR) is 124 cm³/mol. The summed E-state index contributed by atoms with van der Waals surface area (Å²) < 4.78 is 16.1. The molecular formula is C26H28N2O5. The van der Waals surface area contributed by atoms with Gasteiger partial charge in [0.1, 0.15) is 5.69 Å². The highest BCUT2D eigenvalue weighted by Gasteiger charge is 2.24. The van der Waals surface area contributed by atoms with Gasteiger partial charge in [-0.3, -0.25) is 4.79 Å². The number of nitrogens with zero attached hydrogens (tertiary/aromatic N) is 1. The highest BCUT2D eigenvalue weighted by atomic mass is 16.7. The zero-order valence-electron chi connectivity index (χ0n) is 19.4. The second-order valence-corrected chi connectivity index (χ2v) is 8.11. The maximum absolute atomic E-state index is 13.6. The Morgan fingerprint density at radius 3 is 2.55 bits per heavy atom. The molecule has 0 atom stereocenters. The lowest BCUT2D eigenvalue weighted by Gasteiger charge is -2.24. The van der Waals surface area contributed by atoms with Crippen molar-refractivity contribution in [3.05, 3.63) is 81.7 Å². The molecule has 1 amide bonds. The maximum atomic E-state index is 13.6. The first kappa shape index (κ1) is 22.5. The minimum atomic E-state index is -0.392. The Morgan fingerprint density at radius 2 is 1.79 bits per heavy atom. The summed E-state index contributed by atoms with van der Waals surface area (Å²) in [5, 5.41) is 0. The standard InChI is InChI=1S/C26H28N2O5/c1-5-31-26(30)24-17(3)21(18(4)27-24)14-28(25(29)20-9-7-6-8-16(20)2)13-19-10-11-22-23(12-19)33-15-32-22/h6-12,27H,5,13-15H2,1-4H3. The van der Waals surface area contributed by atoms with Crippen LogP contribution in [0.4, 0.5) is 0 Å². The van der Waals surface area contributed by atoms with Gasteiger partial charge in [-0.1, -0.05) is 24.3 Å².